The Kier molecular flexibility index (Phi) is 5.51. The van der Waals surface area contributed by atoms with Crippen LogP contribution < -0.4 is 4.74 Å². The van der Waals surface area contributed by atoms with Crippen LogP contribution in [0.4, 0.5) is 17.6 Å². The number of alkyl halides is 3. The van der Waals surface area contributed by atoms with Gasteiger partial charge in [0.2, 0.25) is 0 Å². The van der Waals surface area contributed by atoms with Crippen LogP contribution in [0.25, 0.3) is 11.1 Å². The van der Waals surface area contributed by atoms with Gasteiger partial charge in [-0.1, -0.05) is 43.7 Å². The van der Waals surface area contributed by atoms with Crippen LogP contribution in [0.5, 0.6) is 5.75 Å². The van der Waals surface area contributed by atoms with Crippen molar-refractivity contribution >= 4 is 0 Å². The number of halogens is 4. The van der Waals surface area contributed by atoms with Gasteiger partial charge in [-0.05, 0) is 48.1 Å². The predicted molar refractivity (Wildman–Crippen MR) is 90.3 cm³/mol. The monoisotopic (exact) mass is 368 g/mol. The Morgan fingerprint density at radius 2 is 1.73 bits per heavy atom. The van der Waals surface area contributed by atoms with Crippen molar-refractivity contribution in [3.63, 3.8) is 0 Å². The van der Waals surface area contributed by atoms with Gasteiger partial charge in [0, 0.05) is 0 Å². The van der Waals surface area contributed by atoms with Gasteiger partial charge >= 0.3 is 6.36 Å². The molecule has 0 saturated carbocycles. The van der Waals surface area contributed by atoms with E-state index >= 15 is 0 Å². The van der Waals surface area contributed by atoms with Crippen LogP contribution >= 0.6 is 0 Å². The Hall–Kier alpha value is -2.08. The van der Waals surface area contributed by atoms with Crippen molar-refractivity contribution in [3.8, 4) is 16.9 Å². The molecule has 0 spiro atoms. The van der Waals surface area contributed by atoms with Gasteiger partial charge in [0.15, 0.2) is 11.6 Å². The molecule has 1 aliphatic heterocycles. The molecule has 2 aromatic carbocycles. The highest BCUT2D eigenvalue weighted by Gasteiger charge is 2.32. The summed E-state index contributed by atoms with van der Waals surface area (Å²) >= 11 is 0. The van der Waals surface area contributed by atoms with Crippen LogP contribution in [-0.4, -0.2) is 12.5 Å². The summed E-state index contributed by atoms with van der Waals surface area (Å²) in [6.45, 7) is 2.13. The lowest BCUT2D eigenvalue weighted by Crippen LogP contribution is -2.17. The van der Waals surface area contributed by atoms with Crippen LogP contribution in [0.3, 0.4) is 0 Å². The molecule has 140 valence electrons. The number of ether oxygens (including phenoxy) is 2. The molecule has 6 heteroatoms. The van der Waals surface area contributed by atoms with E-state index in [1.807, 2.05) is 24.3 Å². The van der Waals surface area contributed by atoms with Crippen molar-refractivity contribution in [2.75, 3.05) is 0 Å². The smallest absolute Gasteiger partial charge is 0.403 e. The van der Waals surface area contributed by atoms with E-state index < -0.39 is 17.9 Å². The highest BCUT2D eigenvalue weighted by Crippen LogP contribution is 2.36. The van der Waals surface area contributed by atoms with Crippen LogP contribution in [0.15, 0.2) is 42.5 Å². The fourth-order valence-electron chi connectivity index (χ4n) is 3.26. The third-order valence-electron chi connectivity index (χ3n) is 4.49. The minimum atomic E-state index is -4.92. The van der Waals surface area contributed by atoms with Gasteiger partial charge < -0.3 is 9.47 Å². The van der Waals surface area contributed by atoms with Crippen molar-refractivity contribution in [1.29, 1.82) is 0 Å². The molecular weight excluding hydrogens is 348 g/mol. The lowest BCUT2D eigenvalue weighted by molar-refractivity contribution is -0.275. The zero-order valence-electron chi connectivity index (χ0n) is 14.4. The van der Waals surface area contributed by atoms with Crippen molar-refractivity contribution in [3.05, 3.63) is 53.8 Å². The maximum absolute atomic E-state index is 13.9. The first-order valence-electron chi connectivity index (χ1n) is 8.67. The minimum absolute atomic E-state index is 0.0693. The fraction of sp³-hybridized carbons (Fsp3) is 0.400. The maximum atomic E-state index is 13.9. The molecule has 0 N–H and O–H groups in total. The third-order valence-corrected chi connectivity index (χ3v) is 4.49. The number of rotatable bonds is 5. The second-order valence-corrected chi connectivity index (χ2v) is 6.43. The molecule has 1 saturated heterocycles. The Morgan fingerprint density at radius 3 is 2.35 bits per heavy atom. The van der Waals surface area contributed by atoms with E-state index in [0.29, 0.717) is 17.2 Å². The average molecular weight is 368 g/mol. The van der Waals surface area contributed by atoms with E-state index in [1.165, 1.54) is 6.07 Å². The zero-order chi connectivity index (χ0) is 18.7. The lowest BCUT2D eigenvalue weighted by atomic mass is 10.0. The summed E-state index contributed by atoms with van der Waals surface area (Å²) in [6.07, 6.45) is -0.370. The summed E-state index contributed by atoms with van der Waals surface area (Å²) in [7, 11) is 0. The van der Waals surface area contributed by atoms with Crippen LogP contribution in [0.2, 0.25) is 0 Å². The van der Waals surface area contributed by atoms with E-state index in [0.717, 1.165) is 43.4 Å². The van der Waals surface area contributed by atoms with Gasteiger partial charge in [-0.15, -0.1) is 13.2 Å². The van der Waals surface area contributed by atoms with Gasteiger partial charge in [-0.3, -0.25) is 0 Å². The molecule has 3 rings (SSSR count). The molecule has 1 heterocycles. The number of hydrogen-bond donors (Lipinski definition) is 0. The first kappa shape index (κ1) is 18.7. The molecule has 0 radical (unpaired) electrons. The van der Waals surface area contributed by atoms with Gasteiger partial charge in [-0.25, -0.2) is 4.39 Å². The van der Waals surface area contributed by atoms with E-state index in [-0.39, 0.29) is 6.10 Å². The molecule has 1 aliphatic rings. The van der Waals surface area contributed by atoms with E-state index in [1.54, 1.807) is 0 Å². The Labute approximate surface area is 149 Å². The zero-order valence-corrected chi connectivity index (χ0v) is 14.4. The molecule has 0 amide bonds. The molecule has 2 unspecified atom stereocenters. The highest BCUT2D eigenvalue weighted by atomic mass is 19.4. The topological polar surface area (TPSA) is 18.5 Å². The van der Waals surface area contributed by atoms with E-state index in [4.69, 9.17) is 4.74 Å². The molecule has 2 aromatic rings. The molecule has 0 bridgehead atoms. The summed E-state index contributed by atoms with van der Waals surface area (Å²) in [4.78, 5) is 0. The minimum Gasteiger partial charge on any atom is -0.403 e. The van der Waals surface area contributed by atoms with Crippen molar-refractivity contribution in [2.24, 2.45) is 0 Å². The molecular formula is C20H20F4O2. The van der Waals surface area contributed by atoms with E-state index in [9.17, 15) is 17.6 Å². The van der Waals surface area contributed by atoms with Gasteiger partial charge in [0.25, 0.3) is 0 Å². The standard InChI is InChI=1S/C20H20F4O2/c1-2-3-16-9-11-18(25-16)14-6-4-13(5-7-14)15-8-10-19(17(21)12-15)26-20(22,23)24/h4-8,10,12,16,18H,2-3,9,11H2,1H3. The molecule has 0 aliphatic carbocycles. The summed E-state index contributed by atoms with van der Waals surface area (Å²) in [6, 6.07) is 10.9. The predicted octanol–water partition coefficient (Wildman–Crippen LogP) is 6.41. The summed E-state index contributed by atoms with van der Waals surface area (Å²) in [5, 5.41) is 0. The Balaban J connectivity index is 1.72. The van der Waals surface area contributed by atoms with Gasteiger partial charge in [-0.2, -0.15) is 0 Å². The Bertz CT molecular complexity index is 740. The fourth-order valence-corrected chi connectivity index (χ4v) is 3.26. The molecule has 26 heavy (non-hydrogen) atoms. The van der Waals surface area contributed by atoms with Crippen molar-refractivity contribution < 1.29 is 27.0 Å². The van der Waals surface area contributed by atoms with Crippen LogP contribution in [-0.2, 0) is 4.74 Å². The van der Waals surface area contributed by atoms with Crippen LogP contribution in [0, 0.1) is 5.82 Å². The quantitative estimate of drug-likeness (QED) is 0.568. The molecule has 2 nitrogen and oxygen atoms in total. The first-order valence-corrected chi connectivity index (χ1v) is 8.67. The van der Waals surface area contributed by atoms with Gasteiger partial charge in [0.1, 0.15) is 0 Å². The van der Waals surface area contributed by atoms with Crippen LogP contribution in [0.1, 0.15) is 44.3 Å². The molecule has 2 atom stereocenters. The van der Waals surface area contributed by atoms with E-state index in [2.05, 4.69) is 11.7 Å². The number of hydrogen-bond acceptors (Lipinski definition) is 2. The summed E-state index contributed by atoms with van der Waals surface area (Å²) in [5.41, 5.74) is 2.26. The van der Waals surface area contributed by atoms with Gasteiger partial charge in [0.05, 0.1) is 12.2 Å². The van der Waals surface area contributed by atoms with Crippen molar-refractivity contribution in [1.82, 2.24) is 0 Å². The normalized spacial score (nSPS) is 20.3. The average Bonchev–Trinajstić information content (AvgIpc) is 3.05. The lowest BCUT2D eigenvalue weighted by Gasteiger charge is -2.14. The first-order chi connectivity index (χ1) is 12.4. The number of benzene rings is 2. The third kappa shape index (κ3) is 4.55. The SMILES string of the molecule is CCCC1CCC(c2ccc(-c3ccc(OC(F)(F)F)c(F)c3)cc2)O1. The Morgan fingerprint density at radius 1 is 1.04 bits per heavy atom. The highest BCUT2D eigenvalue weighted by molar-refractivity contribution is 5.64. The summed E-state index contributed by atoms with van der Waals surface area (Å²) in [5.74, 6) is -1.88. The summed E-state index contributed by atoms with van der Waals surface area (Å²) < 4.78 is 60.2. The largest absolute Gasteiger partial charge is 0.573 e. The second kappa shape index (κ2) is 7.66. The van der Waals surface area contributed by atoms with Crippen molar-refractivity contribution in [2.45, 2.75) is 51.2 Å². The molecule has 0 aromatic heterocycles. The molecule has 1 fully saturated rings. The second-order valence-electron chi connectivity index (χ2n) is 6.43. The maximum Gasteiger partial charge on any atom is 0.573 e.